The van der Waals surface area contributed by atoms with Gasteiger partial charge >= 0.3 is 5.97 Å². The third kappa shape index (κ3) is 5.37. The maximum Gasteiger partial charge on any atom is 0.309 e. The molecule has 3 atom stereocenters. The molecule has 1 heterocycles. The van der Waals surface area contributed by atoms with Crippen LogP contribution in [0.2, 0.25) is 5.15 Å². The molecule has 1 fully saturated rings. The minimum absolute atomic E-state index is 0.000163. The first-order chi connectivity index (χ1) is 17.8. The first-order valence-electron chi connectivity index (χ1n) is 12.7. The standard InChI is InChI=1S/C27H33BrClN3O5S/c1-16(2)18-12-19-20(13-21(18)28)26(3)8-5-9-27(4,25(33)34)23(26)14-22(19)32-37-11-10-31-38(35,36)17-6-7-24(29)30-15-17/h6-7,12-13,15-16,23,31H,5,8-11,14H2,1-4H3,(H,33,34)/b32-22+/t23-,26-,27-/m1/s1. The van der Waals surface area contributed by atoms with Gasteiger partial charge in [0.1, 0.15) is 16.7 Å². The fourth-order valence-electron chi connectivity index (χ4n) is 5.99. The molecule has 8 nitrogen and oxygen atoms in total. The highest BCUT2D eigenvalue weighted by atomic mass is 79.9. The zero-order valence-corrected chi connectivity index (χ0v) is 25.1. The lowest BCUT2D eigenvalue weighted by molar-refractivity contribution is -0.156. The number of benzene rings is 1. The van der Waals surface area contributed by atoms with Gasteiger partial charge in [-0.05, 0) is 78.8 Å². The predicted molar refractivity (Wildman–Crippen MR) is 150 cm³/mol. The van der Waals surface area contributed by atoms with Crippen molar-refractivity contribution in [3.63, 3.8) is 0 Å². The van der Waals surface area contributed by atoms with Crippen LogP contribution in [0.4, 0.5) is 0 Å². The van der Waals surface area contributed by atoms with Crippen molar-refractivity contribution < 1.29 is 23.2 Å². The van der Waals surface area contributed by atoms with E-state index in [0.717, 1.165) is 34.0 Å². The van der Waals surface area contributed by atoms with Crippen LogP contribution in [0.15, 0.2) is 45.0 Å². The number of hydrogen-bond acceptors (Lipinski definition) is 6. The van der Waals surface area contributed by atoms with Gasteiger partial charge in [0.2, 0.25) is 10.0 Å². The van der Waals surface area contributed by atoms with Crippen molar-refractivity contribution in [3.05, 3.63) is 56.8 Å². The second-order valence-corrected chi connectivity index (χ2v) is 13.9. The number of sulfonamides is 1. The minimum Gasteiger partial charge on any atom is -0.481 e. The molecule has 0 radical (unpaired) electrons. The smallest absolute Gasteiger partial charge is 0.309 e. The maximum atomic E-state index is 12.5. The molecule has 4 rings (SSSR count). The van der Waals surface area contributed by atoms with Crippen molar-refractivity contribution in [1.29, 1.82) is 0 Å². The van der Waals surface area contributed by atoms with Crippen LogP contribution in [-0.4, -0.2) is 43.3 Å². The molecule has 38 heavy (non-hydrogen) atoms. The Bertz CT molecular complexity index is 1370. The number of fused-ring (bicyclic) bond motifs is 3. The molecule has 0 bridgehead atoms. The first-order valence-corrected chi connectivity index (χ1v) is 15.3. The third-order valence-electron chi connectivity index (χ3n) is 8.17. The monoisotopic (exact) mass is 625 g/mol. The maximum absolute atomic E-state index is 12.5. The molecule has 206 valence electrons. The Morgan fingerprint density at radius 1 is 1.32 bits per heavy atom. The Balaban J connectivity index is 1.61. The van der Waals surface area contributed by atoms with E-state index < -0.39 is 21.4 Å². The molecule has 2 aliphatic rings. The van der Waals surface area contributed by atoms with E-state index in [1.807, 2.05) is 6.92 Å². The minimum atomic E-state index is -3.77. The average Bonchev–Trinajstić information content (AvgIpc) is 2.84. The molecule has 1 saturated carbocycles. The van der Waals surface area contributed by atoms with Gasteiger partial charge in [0.05, 0.1) is 11.1 Å². The fraction of sp³-hybridized carbons (Fsp3) is 0.519. The van der Waals surface area contributed by atoms with Crippen molar-refractivity contribution >= 4 is 49.2 Å². The highest BCUT2D eigenvalue weighted by Gasteiger charge is 2.56. The average molecular weight is 627 g/mol. The molecule has 0 aliphatic heterocycles. The van der Waals surface area contributed by atoms with Gasteiger partial charge in [-0.15, -0.1) is 0 Å². The van der Waals surface area contributed by atoms with Crippen LogP contribution in [0, 0.1) is 11.3 Å². The molecule has 1 aromatic carbocycles. The summed E-state index contributed by atoms with van der Waals surface area (Å²) in [6.45, 7) is 8.27. The Morgan fingerprint density at radius 2 is 2.05 bits per heavy atom. The van der Waals surface area contributed by atoms with E-state index in [0.29, 0.717) is 18.6 Å². The molecule has 0 amide bonds. The number of carboxylic acids is 1. The van der Waals surface area contributed by atoms with E-state index in [1.54, 1.807) is 0 Å². The number of aromatic nitrogens is 1. The number of oxime groups is 1. The van der Waals surface area contributed by atoms with Crippen molar-refractivity contribution in [2.24, 2.45) is 16.5 Å². The van der Waals surface area contributed by atoms with Crippen LogP contribution >= 0.6 is 27.5 Å². The lowest BCUT2D eigenvalue weighted by Gasteiger charge is -2.53. The van der Waals surface area contributed by atoms with E-state index >= 15 is 0 Å². The Kier molecular flexibility index (Phi) is 8.29. The summed E-state index contributed by atoms with van der Waals surface area (Å²) in [6.07, 6.45) is 4.00. The summed E-state index contributed by atoms with van der Waals surface area (Å²) in [6, 6.07) is 7.06. The zero-order valence-electron chi connectivity index (χ0n) is 21.9. The number of halogens is 2. The number of rotatable bonds is 8. The number of hydrogen-bond donors (Lipinski definition) is 2. The van der Waals surface area contributed by atoms with Gasteiger partial charge in [0.25, 0.3) is 0 Å². The summed E-state index contributed by atoms with van der Waals surface area (Å²) < 4.78 is 28.5. The number of carbonyl (C=O) groups is 1. The SMILES string of the molecule is CC(C)c1cc2c(cc1Br)[C@@]1(C)CCC[C@@](C)(C(=O)O)[C@@H]1C/C2=N\OCCNS(=O)(=O)c1ccc(Cl)nc1. The van der Waals surface area contributed by atoms with Gasteiger partial charge in [0.15, 0.2) is 0 Å². The normalized spacial score (nSPS) is 26.2. The van der Waals surface area contributed by atoms with Crippen LogP contribution in [0.25, 0.3) is 0 Å². The molecule has 2 aromatic rings. The van der Waals surface area contributed by atoms with E-state index in [1.165, 1.54) is 18.3 Å². The second kappa shape index (κ2) is 10.9. The van der Waals surface area contributed by atoms with Gasteiger partial charge in [-0.2, -0.15) is 0 Å². The number of aliphatic carboxylic acids is 1. The van der Waals surface area contributed by atoms with Gasteiger partial charge in [0, 0.05) is 22.8 Å². The zero-order chi connectivity index (χ0) is 27.9. The summed E-state index contributed by atoms with van der Waals surface area (Å²) >= 11 is 9.49. The van der Waals surface area contributed by atoms with Crippen molar-refractivity contribution in [1.82, 2.24) is 9.71 Å². The molecular formula is C27H33BrClN3O5S. The second-order valence-electron chi connectivity index (χ2n) is 10.9. The highest BCUT2D eigenvalue weighted by Crippen LogP contribution is 2.58. The molecule has 11 heteroatoms. The van der Waals surface area contributed by atoms with Crippen molar-refractivity contribution in [2.75, 3.05) is 13.2 Å². The molecule has 0 saturated heterocycles. The number of carboxylic acid groups (broad SMARTS) is 1. The fourth-order valence-corrected chi connectivity index (χ4v) is 7.86. The van der Waals surface area contributed by atoms with Gasteiger partial charge in [-0.25, -0.2) is 18.1 Å². The van der Waals surface area contributed by atoms with Crippen LogP contribution < -0.4 is 4.72 Å². The van der Waals surface area contributed by atoms with E-state index in [4.69, 9.17) is 16.4 Å². The number of pyridine rings is 1. The van der Waals surface area contributed by atoms with Crippen LogP contribution in [0.5, 0.6) is 0 Å². The molecule has 0 unspecified atom stereocenters. The molecule has 2 N–H and O–H groups in total. The van der Waals surface area contributed by atoms with E-state index in [-0.39, 0.29) is 40.5 Å². The summed E-state index contributed by atoms with van der Waals surface area (Å²) in [7, 11) is -3.77. The van der Waals surface area contributed by atoms with E-state index in [2.05, 4.69) is 63.7 Å². The van der Waals surface area contributed by atoms with Crippen LogP contribution in [0.1, 0.15) is 76.0 Å². The van der Waals surface area contributed by atoms with E-state index in [9.17, 15) is 18.3 Å². The Hall–Kier alpha value is -2.01. The van der Waals surface area contributed by atoms with Crippen molar-refractivity contribution in [2.45, 2.75) is 69.6 Å². The lowest BCUT2D eigenvalue weighted by atomic mass is 9.49. The van der Waals surface area contributed by atoms with Crippen molar-refractivity contribution in [3.8, 4) is 0 Å². The van der Waals surface area contributed by atoms with Gasteiger partial charge in [-0.1, -0.05) is 59.9 Å². The number of nitrogens with one attached hydrogen (secondary N) is 1. The number of nitrogens with zero attached hydrogens (tertiary/aromatic N) is 2. The van der Waals surface area contributed by atoms with Gasteiger partial charge < -0.3 is 9.94 Å². The lowest BCUT2D eigenvalue weighted by Crippen LogP contribution is -2.53. The topological polar surface area (TPSA) is 118 Å². The summed E-state index contributed by atoms with van der Waals surface area (Å²) in [5, 5.41) is 14.9. The third-order valence-corrected chi connectivity index (χ3v) is 10.5. The quantitative estimate of drug-likeness (QED) is 0.215. The molecule has 0 spiro atoms. The summed E-state index contributed by atoms with van der Waals surface area (Å²) in [5.41, 5.74) is 2.67. The van der Waals surface area contributed by atoms with Crippen LogP contribution in [0.3, 0.4) is 0 Å². The van der Waals surface area contributed by atoms with Gasteiger partial charge in [-0.3, -0.25) is 4.79 Å². The largest absolute Gasteiger partial charge is 0.481 e. The Morgan fingerprint density at radius 3 is 2.68 bits per heavy atom. The molecule has 1 aromatic heterocycles. The first kappa shape index (κ1) is 29.0. The van der Waals surface area contributed by atoms with Crippen LogP contribution in [-0.2, 0) is 25.1 Å². The summed E-state index contributed by atoms with van der Waals surface area (Å²) in [5.74, 6) is -0.681. The highest BCUT2D eigenvalue weighted by molar-refractivity contribution is 9.10. The summed E-state index contributed by atoms with van der Waals surface area (Å²) in [4.78, 5) is 21.9. The Labute approximate surface area is 237 Å². The molecular weight excluding hydrogens is 594 g/mol. The predicted octanol–water partition coefficient (Wildman–Crippen LogP) is 5.87. The molecule has 2 aliphatic carbocycles.